The number of anilines is 1. The summed E-state index contributed by atoms with van der Waals surface area (Å²) in [4.78, 5) is 9.56. The van der Waals surface area contributed by atoms with Gasteiger partial charge in [0.2, 0.25) is 10.0 Å². The van der Waals surface area contributed by atoms with E-state index in [1.807, 2.05) is 0 Å². The molecule has 0 radical (unpaired) electrons. The average molecular weight is 462 g/mol. The molecule has 1 aliphatic rings. The van der Waals surface area contributed by atoms with Gasteiger partial charge in [0.15, 0.2) is 5.82 Å². The molecule has 0 fully saturated rings. The molecule has 0 atom stereocenters. The Labute approximate surface area is 188 Å². The summed E-state index contributed by atoms with van der Waals surface area (Å²) in [6.07, 6.45) is 9.09. The summed E-state index contributed by atoms with van der Waals surface area (Å²) in [5.74, 6) is 1.61. The lowest BCUT2D eigenvalue weighted by atomic mass is 9.95. The van der Waals surface area contributed by atoms with Gasteiger partial charge in [0, 0.05) is 25.2 Å². The van der Waals surface area contributed by atoms with Crippen LogP contribution in [0.4, 0.5) is 5.82 Å². The van der Waals surface area contributed by atoms with Crippen LogP contribution >= 0.6 is 11.3 Å². The minimum absolute atomic E-state index is 0.365. The zero-order valence-electron chi connectivity index (χ0n) is 18.1. The maximum atomic E-state index is 12.3. The fourth-order valence-electron chi connectivity index (χ4n) is 4.31. The van der Waals surface area contributed by atoms with E-state index in [4.69, 9.17) is 10.7 Å². The standard InChI is InChI=1S/C22H31N5O2S2/c1-2-3-11-18-26-20-21(16-9-4-5-10-17(16)25-22(20)23)27(18)14-7-6-13-24-31(28,29)19-12-8-15-30-19/h8,12,15,24H,2-7,9-11,13-14H2,1H3,(H2,23,25). The number of nitrogens with zero attached hydrogens (tertiary/aromatic N) is 3. The summed E-state index contributed by atoms with van der Waals surface area (Å²) in [6.45, 7) is 3.43. The molecular formula is C22H31N5O2S2. The summed E-state index contributed by atoms with van der Waals surface area (Å²) in [5, 5.41) is 1.78. The summed E-state index contributed by atoms with van der Waals surface area (Å²) >= 11 is 1.24. The number of rotatable bonds is 10. The van der Waals surface area contributed by atoms with Gasteiger partial charge in [0.1, 0.15) is 15.6 Å². The molecule has 3 aromatic rings. The molecule has 4 rings (SSSR count). The van der Waals surface area contributed by atoms with Gasteiger partial charge in [-0.15, -0.1) is 11.3 Å². The molecule has 0 unspecified atom stereocenters. The molecule has 1 aliphatic carbocycles. The topological polar surface area (TPSA) is 103 Å². The van der Waals surface area contributed by atoms with E-state index in [1.165, 1.54) is 23.3 Å². The molecule has 31 heavy (non-hydrogen) atoms. The third-order valence-electron chi connectivity index (χ3n) is 5.88. The maximum Gasteiger partial charge on any atom is 0.250 e. The van der Waals surface area contributed by atoms with Crippen LogP contribution in [0.25, 0.3) is 11.0 Å². The van der Waals surface area contributed by atoms with Crippen LogP contribution in [0, 0.1) is 0 Å². The van der Waals surface area contributed by atoms with Crippen molar-refractivity contribution >= 4 is 38.2 Å². The Morgan fingerprint density at radius 1 is 1.19 bits per heavy atom. The number of imidazole rings is 1. The first-order valence-corrected chi connectivity index (χ1v) is 13.6. The molecule has 0 aromatic carbocycles. The van der Waals surface area contributed by atoms with Gasteiger partial charge in [0.25, 0.3) is 0 Å². The van der Waals surface area contributed by atoms with Gasteiger partial charge in [-0.3, -0.25) is 0 Å². The average Bonchev–Trinajstić information content (AvgIpc) is 3.42. The third-order valence-corrected chi connectivity index (χ3v) is 8.74. The fourth-order valence-corrected chi connectivity index (χ4v) is 6.42. The second kappa shape index (κ2) is 9.67. The van der Waals surface area contributed by atoms with E-state index in [2.05, 4.69) is 21.2 Å². The van der Waals surface area contributed by atoms with Crippen LogP contribution in [-0.4, -0.2) is 29.5 Å². The summed E-state index contributed by atoms with van der Waals surface area (Å²) < 4.78 is 30.0. The monoisotopic (exact) mass is 461 g/mol. The lowest BCUT2D eigenvalue weighted by Crippen LogP contribution is -2.24. The van der Waals surface area contributed by atoms with Crippen molar-refractivity contribution in [1.82, 2.24) is 19.3 Å². The van der Waals surface area contributed by atoms with Crippen molar-refractivity contribution in [1.29, 1.82) is 0 Å². The number of hydrogen-bond donors (Lipinski definition) is 2. The molecule has 3 N–H and O–H groups in total. The maximum absolute atomic E-state index is 12.3. The number of nitrogens with two attached hydrogens (primary N) is 1. The minimum Gasteiger partial charge on any atom is -0.382 e. The number of aryl methyl sites for hydroxylation is 4. The van der Waals surface area contributed by atoms with Crippen molar-refractivity contribution < 1.29 is 8.42 Å². The van der Waals surface area contributed by atoms with E-state index in [9.17, 15) is 8.42 Å². The molecule has 0 spiro atoms. The second-order valence-corrected chi connectivity index (χ2v) is 11.1. The highest BCUT2D eigenvalue weighted by Gasteiger charge is 2.22. The van der Waals surface area contributed by atoms with Crippen LogP contribution in [0.1, 0.15) is 62.5 Å². The Morgan fingerprint density at radius 2 is 2.03 bits per heavy atom. The van der Waals surface area contributed by atoms with Crippen molar-refractivity contribution in [3.05, 3.63) is 34.6 Å². The Hall–Kier alpha value is -1.97. The van der Waals surface area contributed by atoms with Gasteiger partial charge < -0.3 is 10.3 Å². The van der Waals surface area contributed by atoms with E-state index in [-0.39, 0.29) is 0 Å². The number of aromatic nitrogens is 3. The van der Waals surface area contributed by atoms with Crippen LogP contribution in [0.3, 0.4) is 0 Å². The van der Waals surface area contributed by atoms with Gasteiger partial charge in [-0.1, -0.05) is 19.4 Å². The number of unbranched alkanes of at least 4 members (excludes halogenated alkanes) is 2. The number of fused-ring (bicyclic) bond motifs is 3. The zero-order valence-corrected chi connectivity index (χ0v) is 19.7. The van der Waals surface area contributed by atoms with Gasteiger partial charge in [0.05, 0.1) is 5.52 Å². The number of hydrogen-bond acceptors (Lipinski definition) is 6. The zero-order chi connectivity index (χ0) is 21.8. The highest BCUT2D eigenvalue weighted by molar-refractivity contribution is 7.91. The first-order valence-electron chi connectivity index (χ1n) is 11.2. The highest BCUT2D eigenvalue weighted by atomic mass is 32.2. The third kappa shape index (κ3) is 4.78. The lowest BCUT2D eigenvalue weighted by Gasteiger charge is -2.18. The van der Waals surface area contributed by atoms with Crippen molar-refractivity contribution in [2.45, 2.75) is 75.5 Å². The summed E-state index contributed by atoms with van der Waals surface area (Å²) in [6, 6.07) is 3.38. The number of nitrogen functional groups attached to an aromatic ring is 1. The van der Waals surface area contributed by atoms with Crippen LogP contribution in [0.15, 0.2) is 21.7 Å². The van der Waals surface area contributed by atoms with Crippen LogP contribution < -0.4 is 10.5 Å². The molecule has 0 saturated heterocycles. The summed E-state index contributed by atoms with van der Waals surface area (Å²) in [5.41, 5.74) is 10.7. The predicted octanol–water partition coefficient (Wildman–Crippen LogP) is 4.06. The predicted molar refractivity (Wildman–Crippen MR) is 126 cm³/mol. The molecule has 168 valence electrons. The van der Waals surface area contributed by atoms with Crippen molar-refractivity contribution in [3.8, 4) is 0 Å². The van der Waals surface area contributed by atoms with E-state index >= 15 is 0 Å². The molecule has 9 heteroatoms. The van der Waals surface area contributed by atoms with Gasteiger partial charge in [-0.05, 0) is 62.0 Å². The van der Waals surface area contributed by atoms with Crippen molar-refractivity contribution in [3.63, 3.8) is 0 Å². The first kappa shape index (κ1) is 22.2. The van der Waals surface area contributed by atoms with E-state index < -0.39 is 10.0 Å². The minimum atomic E-state index is -3.40. The smallest absolute Gasteiger partial charge is 0.250 e. The Balaban J connectivity index is 1.51. The SMILES string of the molecule is CCCCc1nc2c(N)nc3c(c2n1CCCCNS(=O)(=O)c1cccs1)CCCC3. The Morgan fingerprint density at radius 3 is 2.81 bits per heavy atom. The van der Waals surface area contributed by atoms with Crippen LogP contribution in [0.5, 0.6) is 0 Å². The molecule has 0 bridgehead atoms. The molecule has 7 nitrogen and oxygen atoms in total. The summed E-state index contributed by atoms with van der Waals surface area (Å²) in [7, 11) is -3.40. The second-order valence-electron chi connectivity index (χ2n) is 8.15. The molecule has 3 aromatic heterocycles. The number of nitrogens with one attached hydrogen (secondary N) is 1. The lowest BCUT2D eigenvalue weighted by molar-refractivity contribution is 0.561. The molecular weight excluding hydrogens is 430 g/mol. The van der Waals surface area contributed by atoms with Gasteiger partial charge in [-0.25, -0.2) is 23.1 Å². The Bertz CT molecular complexity index is 1140. The van der Waals surface area contributed by atoms with Crippen molar-refractivity contribution in [2.24, 2.45) is 0 Å². The molecule has 0 saturated carbocycles. The molecule has 0 aliphatic heterocycles. The van der Waals surface area contributed by atoms with Gasteiger partial charge in [-0.2, -0.15) is 0 Å². The molecule has 3 heterocycles. The highest BCUT2D eigenvalue weighted by Crippen LogP contribution is 2.32. The van der Waals surface area contributed by atoms with E-state index in [0.29, 0.717) is 16.6 Å². The van der Waals surface area contributed by atoms with Gasteiger partial charge >= 0.3 is 0 Å². The normalized spacial score (nSPS) is 14.2. The largest absolute Gasteiger partial charge is 0.382 e. The quantitative estimate of drug-likeness (QED) is 0.443. The number of thiophene rings is 1. The fraction of sp³-hybridized carbons (Fsp3) is 0.545. The number of sulfonamides is 1. The van der Waals surface area contributed by atoms with Crippen molar-refractivity contribution in [2.75, 3.05) is 12.3 Å². The Kier molecular flexibility index (Phi) is 6.93. The van der Waals surface area contributed by atoms with E-state index in [0.717, 1.165) is 80.5 Å². The number of pyridine rings is 1. The van der Waals surface area contributed by atoms with Crippen LogP contribution in [0.2, 0.25) is 0 Å². The first-order chi connectivity index (χ1) is 15.0. The van der Waals surface area contributed by atoms with E-state index in [1.54, 1.807) is 17.5 Å². The molecule has 0 amide bonds. The van der Waals surface area contributed by atoms with Crippen LogP contribution in [-0.2, 0) is 35.8 Å².